The van der Waals surface area contributed by atoms with Crippen LogP contribution in [0.1, 0.15) is 26.6 Å². The van der Waals surface area contributed by atoms with E-state index in [-0.39, 0.29) is 0 Å². The van der Waals surface area contributed by atoms with Gasteiger partial charge in [-0.2, -0.15) is 0 Å². The Hall–Kier alpha value is -2.30. The van der Waals surface area contributed by atoms with Crippen LogP contribution in [0.4, 0.5) is 17.3 Å². The predicted octanol–water partition coefficient (Wildman–Crippen LogP) is 3.75. The van der Waals surface area contributed by atoms with Gasteiger partial charge in [0, 0.05) is 17.8 Å². The van der Waals surface area contributed by atoms with E-state index < -0.39 is 0 Å². The van der Waals surface area contributed by atoms with Crippen LogP contribution < -0.4 is 15.4 Å². The summed E-state index contributed by atoms with van der Waals surface area (Å²) in [5.41, 5.74) is 0.965. The normalized spacial score (nSPS) is 10.5. The Labute approximate surface area is 125 Å². The van der Waals surface area contributed by atoms with Crippen LogP contribution in [0, 0.1) is 6.92 Å². The molecular formula is C16H22N4O. The van der Waals surface area contributed by atoms with Crippen LogP contribution >= 0.6 is 0 Å². The van der Waals surface area contributed by atoms with E-state index in [2.05, 4.69) is 34.4 Å². The van der Waals surface area contributed by atoms with Gasteiger partial charge in [0.1, 0.15) is 23.2 Å². The van der Waals surface area contributed by atoms with Crippen LogP contribution in [-0.4, -0.2) is 22.6 Å². The van der Waals surface area contributed by atoms with E-state index in [1.807, 2.05) is 44.2 Å². The molecule has 0 atom stereocenters. The summed E-state index contributed by atoms with van der Waals surface area (Å²) in [6.07, 6.45) is 0. The molecule has 2 aromatic rings. The van der Waals surface area contributed by atoms with Gasteiger partial charge in [0.15, 0.2) is 0 Å². The molecule has 0 fully saturated rings. The van der Waals surface area contributed by atoms with E-state index in [4.69, 9.17) is 4.74 Å². The Morgan fingerprint density at radius 2 is 1.76 bits per heavy atom. The van der Waals surface area contributed by atoms with Gasteiger partial charge in [-0.1, -0.05) is 0 Å². The zero-order valence-electron chi connectivity index (χ0n) is 13.0. The van der Waals surface area contributed by atoms with Gasteiger partial charge in [0.25, 0.3) is 0 Å². The molecule has 112 valence electrons. The molecule has 0 aliphatic heterocycles. The SMILES string of the molecule is CCOc1ccc(Nc2cc(NC(C)C)nc(C)n2)cc1. The lowest BCUT2D eigenvalue weighted by atomic mass is 10.3. The van der Waals surface area contributed by atoms with E-state index in [1.54, 1.807) is 0 Å². The molecule has 0 bridgehead atoms. The van der Waals surface area contributed by atoms with Crippen molar-refractivity contribution >= 4 is 17.3 Å². The van der Waals surface area contributed by atoms with Crippen molar-refractivity contribution in [1.82, 2.24) is 9.97 Å². The highest BCUT2D eigenvalue weighted by Gasteiger charge is 2.04. The van der Waals surface area contributed by atoms with Crippen molar-refractivity contribution < 1.29 is 4.74 Å². The molecule has 5 heteroatoms. The van der Waals surface area contributed by atoms with Crippen molar-refractivity contribution in [2.24, 2.45) is 0 Å². The molecule has 0 radical (unpaired) electrons. The standard InChI is InChI=1S/C16H22N4O/c1-5-21-14-8-6-13(7-9-14)20-16-10-15(17-11(2)3)18-12(4)19-16/h6-11H,5H2,1-4H3,(H2,17,18,19,20). The van der Waals surface area contributed by atoms with Gasteiger partial charge in [-0.25, -0.2) is 9.97 Å². The zero-order chi connectivity index (χ0) is 15.2. The Balaban J connectivity index is 2.12. The molecule has 2 N–H and O–H groups in total. The van der Waals surface area contributed by atoms with Gasteiger partial charge in [-0.05, 0) is 52.0 Å². The van der Waals surface area contributed by atoms with E-state index in [1.165, 1.54) is 0 Å². The molecule has 21 heavy (non-hydrogen) atoms. The summed E-state index contributed by atoms with van der Waals surface area (Å²) in [5, 5.41) is 6.57. The van der Waals surface area contributed by atoms with E-state index >= 15 is 0 Å². The lowest BCUT2D eigenvalue weighted by Gasteiger charge is -2.12. The maximum Gasteiger partial charge on any atom is 0.136 e. The van der Waals surface area contributed by atoms with Crippen LogP contribution in [0.3, 0.4) is 0 Å². The molecule has 1 aromatic carbocycles. The molecule has 0 unspecified atom stereocenters. The molecule has 0 aliphatic carbocycles. The second-order valence-corrected chi connectivity index (χ2v) is 5.07. The average molecular weight is 286 g/mol. The minimum atomic E-state index is 0.331. The third kappa shape index (κ3) is 4.63. The molecular weight excluding hydrogens is 264 g/mol. The number of nitrogens with zero attached hydrogens (tertiary/aromatic N) is 2. The summed E-state index contributed by atoms with van der Waals surface area (Å²) in [6, 6.07) is 10.1. The molecule has 0 amide bonds. The molecule has 1 heterocycles. The third-order valence-electron chi connectivity index (χ3n) is 2.71. The number of rotatable bonds is 6. The number of hydrogen-bond donors (Lipinski definition) is 2. The first-order chi connectivity index (χ1) is 10.1. The van der Waals surface area contributed by atoms with Crippen molar-refractivity contribution in [3.63, 3.8) is 0 Å². The number of benzene rings is 1. The summed E-state index contributed by atoms with van der Waals surface area (Å²) < 4.78 is 5.43. The summed E-state index contributed by atoms with van der Waals surface area (Å²) in [6.45, 7) is 8.68. The smallest absolute Gasteiger partial charge is 0.136 e. The maximum absolute atomic E-state index is 5.43. The summed E-state index contributed by atoms with van der Waals surface area (Å²) in [7, 11) is 0. The van der Waals surface area contributed by atoms with Crippen LogP contribution in [0.25, 0.3) is 0 Å². The number of nitrogens with one attached hydrogen (secondary N) is 2. The average Bonchev–Trinajstić information content (AvgIpc) is 2.40. The Bertz CT molecular complexity index is 581. The van der Waals surface area contributed by atoms with Crippen molar-refractivity contribution in [3.05, 3.63) is 36.2 Å². The third-order valence-corrected chi connectivity index (χ3v) is 2.71. The minimum Gasteiger partial charge on any atom is -0.494 e. The van der Waals surface area contributed by atoms with Crippen molar-refractivity contribution in [2.45, 2.75) is 33.7 Å². The Kier molecular flexibility index (Phi) is 4.98. The summed E-state index contributed by atoms with van der Waals surface area (Å²) in [5.74, 6) is 3.19. The lowest BCUT2D eigenvalue weighted by Crippen LogP contribution is -2.12. The molecule has 1 aromatic heterocycles. The molecule has 0 spiro atoms. The monoisotopic (exact) mass is 286 g/mol. The molecule has 0 saturated heterocycles. The summed E-state index contributed by atoms with van der Waals surface area (Å²) in [4.78, 5) is 8.77. The number of aryl methyl sites for hydroxylation is 1. The maximum atomic E-state index is 5.43. The van der Waals surface area contributed by atoms with Gasteiger partial charge in [-0.3, -0.25) is 0 Å². The van der Waals surface area contributed by atoms with Crippen LogP contribution in [0.5, 0.6) is 5.75 Å². The van der Waals surface area contributed by atoms with Gasteiger partial charge < -0.3 is 15.4 Å². The lowest BCUT2D eigenvalue weighted by molar-refractivity contribution is 0.340. The first-order valence-electron chi connectivity index (χ1n) is 7.19. The highest BCUT2D eigenvalue weighted by atomic mass is 16.5. The first-order valence-corrected chi connectivity index (χ1v) is 7.19. The van der Waals surface area contributed by atoms with Crippen molar-refractivity contribution in [1.29, 1.82) is 0 Å². The topological polar surface area (TPSA) is 59.1 Å². The van der Waals surface area contributed by atoms with Gasteiger partial charge in [0.05, 0.1) is 6.61 Å². The van der Waals surface area contributed by atoms with Crippen LogP contribution in [0.15, 0.2) is 30.3 Å². The van der Waals surface area contributed by atoms with E-state index in [0.717, 1.165) is 28.9 Å². The molecule has 0 aliphatic rings. The zero-order valence-corrected chi connectivity index (χ0v) is 13.0. The van der Waals surface area contributed by atoms with Gasteiger partial charge in [-0.15, -0.1) is 0 Å². The Morgan fingerprint density at radius 1 is 1.10 bits per heavy atom. The van der Waals surface area contributed by atoms with Crippen molar-refractivity contribution in [3.8, 4) is 5.75 Å². The number of aromatic nitrogens is 2. The fourth-order valence-corrected chi connectivity index (χ4v) is 1.95. The van der Waals surface area contributed by atoms with Gasteiger partial charge >= 0.3 is 0 Å². The number of ether oxygens (including phenoxy) is 1. The summed E-state index contributed by atoms with van der Waals surface area (Å²) >= 11 is 0. The second-order valence-electron chi connectivity index (χ2n) is 5.07. The largest absolute Gasteiger partial charge is 0.494 e. The first kappa shape index (κ1) is 15.1. The quantitative estimate of drug-likeness (QED) is 0.847. The van der Waals surface area contributed by atoms with E-state index in [0.29, 0.717) is 12.6 Å². The van der Waals surface area contributed by atoms with E-state index in [9.17, 15) is 0 Å². The van der Waals surface area contributed by atoms with Gasteiger partial charge in [0.2, 0.25) is 0 Å². The number of anilines is 3. The number of hydrogen-bond acceptors (Lipinski definition) is 5. The van der Waals surface area contributed by atoms with Crippen molar-refractivity contribution in [2.75, 3.05) is 17.2 Å². The highest BCUT2D eigenvalue weighted by molar-refractivity contribution is 5.60. The molecule has 2 rings (SSSR count). The fraction of sp³-hybridized carbons (Fsp3) is 0.375. The minimum absolute atomic E-state index is 0.331. The Morgan fingerprint density at radius 3 is 2.38 bits per heavy atom. The van der Waals surface area contributed by atoms with Crippen LogP contribution in [-0.2, 0) is 0 Å². The second kappa shape index (κ2) is 6.92. The van der Waals surface area contributed by atoms with Crippen LogP contribution in [0.2, 0.25) is 0 Å². The molecule has 5 nitrogen and oxygen atoms in total. The fourth-order valence-electron chi connectivity index (χ4n) is 1.95. The predicted molar refractivity (Wildman–Crippen MR) is 86.4 cm³/mol. The highest BCUT2D eigenvalue weighted by Crippen LogP contribution is 2.20. The molecule has 0 saturated carbocycles.